The molecule has 7 heteroatoms. The van der Waals surface area contributed by atoms with Gasteiger partial charge in [0, 0.05) is 43.7 Å². The van der Waals surface area contributed by atoms with Crippen LogP contribution in [-0.2, 0) is 6.42 Å². The van der Waals surface area contributed by atoms with Crippen LogP contribution >= 0.6 is 35.3 Å². The highest BCUT2D eigenvalue weighted by molar-refractivity contribution is 14.0. The predicted octanol–water partition coefficient (Wildman–Crippen LogP) is 2.90. The highest BCUT2D eigenvalue weighted by Crippen LogP contribution is 2.16. The first kappa shape index (κ1) is 21.6. The van der Waals surface area contributed by atoms with Crippen molar-refractivity contribution >= 4 is 41.3 Å². The van der Waals surface area contributed by atoms with Crippen LogP contribution in [0, 0.1) is 12.8 Å². The molecule has 24 heavy (non-hydrogen) atoms. The van der Waals surface area contributed by atoms with Crippen LogP contribution in [0.3, 0.4) is 0 Å². The third kappa shape index (κ3) is 7.65. The largest absolute Gasteiger partial charge is 0.357 e. The van der Waals surface area contributed by atoms with Gasteiger partial charge in [0.05, 0.1) is 5.01 Å². The minimum Gasteiger partial charge on any atom is -0.357 e. The third-order valence-electron chi connectivity index (χ3n) is 4.06. The van der Waals surface area contributed by atoms with Crippen LogP contribution in [0.15, 0.2) is 11.2 Å². The van der Waals surface area contributed by atoms with Gasteiger partial charge in [0.1, 0.15) is 0 Å². The molecule has 0 radical (unpaired) electrons. The minimum absolute atomic E-state index is 0. The molecule has 5 nitrogen and oxygen atoms in total. The van der Waals surface area contributed by atoms with Crippen molar-refractivity contribution in [1.29, 1.82) is 0 Å². The van der Waals surface area contributed by atoms with E-state index < -0.39 is 0 Å². The SMILES string of the molecule is CCCN1CCC(CN=C(NCC)NCCc2ncc(C)s2)C1.I. The topological polar surface area (TPSA) is 52.5 Å². The predicted molar refractivity (Wildman–Crippen MR) is 115 cm³/mol. The average molecular weight is 465 g/mol. The van der Waals surface area contributed by atoms with Gasteiger partial charge >= 0.3 is 0 Å². The summed E-state index contributed by atoms with van der Waals surface area (Å²) >= 11 is 1.77. The number of thiazole rings is 1. The Balaban J connectivity index is 0.00000288. The van der Waals surface area contributed by atoms with Crippen LogP contribution < -0.4 is 10.6 Å². The second kappa shape index (κ2) is 12.0. The van der Waals surface area contributed by atoms with Crippen LogP contribution in [0.2, 0.25) is 0 Å². The molecule has 1 aliphatic rings. The summed E-state index contributed by atoms with van der Waals surface area (Å²) in [7, 11) is 0. The van der Waals surface area contributed by atoms with Gasteiger partial charge in [-0.25, -0.2) is 4.98 Å². The number of likely N-dealkylation sites (tertiary alicyclic amines) is 1. The number of aryl methyl sites for hydroxylation is 1. The molecule has 1 saturated heterocycles. The molecule has 1 aliphatic heterocycles. The van der Waals surface area contributed by atoms with Crippen LogP contribution in [0.1, 0.15) is 36.6 Å². The number of guanidine groups is 1. The molecule has 138 valence electrons. The van der Waals surface area contributed by atoms with Crippen LogP contribution in [0.25, 0.3) is 0 Å². The van der Waals surface area contributed by atoms with Gasteiger partial charge in [-0.1, -0.05) is 6.92 Å². The number of hydrogen-bond acceptors (Lipinski definition) is 4. The maximum Gasteiger partial charge on any atom is 0.191 e. The first-order valence-corrected chi connectivity index (χ1v) is 9.68. The fourth-order valence-corrected chi connectivity index (χ4v) is 3.73. The Kier molecular flexibility index (Phi) is 10.8. The Morgan fingerprint density at radius 2 is 2.25 bits per heavy atom. The first-order chi connectivity index (χ1) is 11.2. The lowest BCUT2D eigenvalue weighted by atomic mass is 10.1. The summed E-state index contributed by atoms with van der Waals surface area (Å²) in [5, 5.41) is 7.96. The van der Waals surface area contributed by atoms with Crippen LogP contribution in [-0.4, -0.2) is 55.1 Å². The summed E-state index contributed by atoms with van der Waals surface area (Å²) in [5.74, 6) is 1.65. The molecule has 0 amide bonds. The highest BCUT2D eigenvalue weighted by Gasteiger charge is 2.21. The van der Waals surface area contributed by atoms with Gasteiger partial charge in [-0.05, 0) is 45.7 Å². The maximum absolute atomic E-state index is 4.78. The van der Waals surface area contributed by atoms with Crippen LogP contribution in [0.4, 0.5) is 0 Å². The lowest BCUT2D eigenvalue weighted by Gasteiger charge is -2.14. The minimum atomic E-state index is 0. The summed E-state index contributed by atoms with van der Waals surface area (Å²) in [6.45, 7) is 12.8. The van der Waals surface area contributed by atoms with E-state index in [4.69, 9.17) is 4.99 Å². The lowest BCUT2D eigenvalue weighted by Crippen LogP contribution is -2.38. The Morgan fingerprint density at radius 1 is 1.42 bits per heavy atom. The summed E-state index contributed by atoms with van der Waals surface area (Å²) in [6, 6.07) is 0. The molecule has 0 saturated carbocycles. The van der Waals surface area contributed by atoms with Crippen molar-refractivity contribution in [3.63, 3.8) is 0 Å². The van der Waals surface area contributed by atoms with E-state index in [-0.39, 0.29) is 24.0 Å². The lowest BCUT2D eigenvalue weighted by molar-refractivity contribution is 0.326. The molecule has 1 unspecified atom stereocenters. The Labute approximate surface area is 167 Å². The van der Waals surface area contributed by atoms with E-state index in [1.165, 1.54) is 42.4 Å². The summed E-state index contributed by atoms with van der Waals surface area (Å²) in [5.41, 5.74) is 0. The quantitative estimate of drug-likeness (QED) is 0.352. The van der Waals surface area contributed by atoms with Gasteiger partial charge in [-0.3, -0.25) is 4.99 Å². The van der Waals surface area contributed by atoms with Crippen molar-refractivity contribution in [2.24, 2.45) is 10.9 Å². The Bertz CT molecular complexity index is 491. The number of halogens is 1. The third-order valence-corrected chi connectivity index (χ3v) is 5.03. The van der Waals surface area contributed by atoms with Crippen molar-refractivity contribution in [3.05, 3.63) is 16.1 Å². The van der Waals surface area contributed by atoms with E-state index in [1.54, 1.807) is 11.3 Å². The zero-order chi connectivity index (χ0) is 16.5. The molecule has 0 aromatic carbocycles. The van der Waals surface area contributed by atoms with Gasteiger partial charge in [0.15, 0.2) is 5.96 Å². The van der Waals surface area contributed by atoms with E-state index in [9.17, 15) is 0 Å². The number of rotatable bonds is 8. The smallest absolute Gasteiger partial charge is 0.191 e. The van der Waals surface area contributed by atoms with Crippen LogP contribution in [0.5, 0.6) is 0 Å². The molecule has 0 bridgehead atoms. The number of hydrogen-bond donors (Lipinski definition) is 2. The van der Waals surface area contributed by atoms with Gasteiger partial charge in [0.25, 0.3) is 0 Å². The number of nitrogens with zero attached hydrogens (tertiary/aromatic N) is 3. The van der Waals surface area contributed by atoms with Gasteiger partial charge in [-0.15, -0.1) is 35.3 Å². The molecule has 1 fully saturated rings. The molecule has 1 atom stereocenters. The first-order valence-electron chi connectivity index (χ1n) is 8.87. The zero-order valence-corrected chi connectivity index (χ0v) is 18.3. The van der Waals surface area contributed by atoms with E-state index in [2.05, 4.69) is 41.3 Å². The molecule has 2 rings (SSSR count). The molecule has 0 aliphatic carbocycles. The fraction of sp³-hybridized carbons (Fsp3) is 0.765. The summed E-state index contributed by atoms with van der Waals surface area (Å²) < 4.78 is 0. The fourth-order valence-electron chi connectivity index (χ4n) is 2.95. The van der Waals surface area contributed by atoms with Gasteiger partial charge in [0.2, 0.25) is 0 Å². The molecule has 0 spiro atoms. The zero-order valence-electron chi connectivity index (χ0n) is 15.2. The normalized spacial score (nSPS) is 18.5. The van der Waals surface area contributed by atoms with Crippen molar-refractivity contribution in [1.82, 2.24) is 20.5 Å². The van der Waals surface area contributed by atoms with E-state index in [0.717, 1.165) is 32.0 Å². The van der Waals surface area contributed by atoms with Crippen molar-refractivity contribution in [2.75, 3.05) is 39.3 Å². The number of aromatic nitrogens is 1. The number of nitrogens with one attached hydrogen (secondary N) is 2. The average Bonchev–Trinajstić information content (AvgIpc) is 3.14. The summed E-state index contributed by atoms with van der Waals surface area (Å²) in [6.07, 6.45) is 5.43. The molecule has 1 aromatic rings. The molecular weight excluding hydrogens is 433 g/mol. The molecule has 1 aromatic heterocycles. The number of aliphatic imine (C=N–C) groups is 1. The molecular formula is C17H32IN5S. The second-order valence-electron chi connectivity index (χ2n) is 6.22. The highest BCUT2D eigenvalue weighted by atomic mass is 127. The van der Waals surface area contributed by atoms with E-state index >= 15 is 0 Å². The second-order valence-corrected chi connectivity index (χ2v) is 7.54. The monoisotopic (exact) mass is 465 g/mol. The van der Waals surface area contributed by atoms with Crippen molar-refractivity contribution in [3.8, 4) is 0 Å². The maximum atomic E-state index is 4.78. The molecule has 2 heterocycles. The summed E-state index contributed by atoms with van der Waals surface area (Å²) in [4.78, 5) is 13.0. The van der Waals surface area contributed by atoms with E-state index in [0.29, 0.717) is 5.92 Å². The van der Waals surface area contributed by atoms with Gasteiger partial charge < -0.3 is 15.5 Å². The Morgan fingerprint density at radius 3 is 2.92 bits per heavy atom. The van der Waals surface area contributed by atoms with Crippen molar-refractivity contribution in [2.45, 2.75) is 40.0 Å². The molecule has 2 N–H and O–H groups in total. The van der Waals surface area contributed by atoms with Crippen molar-refractivity contribution < 1.29 is 0 Å². The van der Waals surface area contributed by atoms with E-state index in [1.807, 2.05) is 6.20 Å². The Hall–Kier alpha value is -0.410. The standard InChI is InChI=1S/C17H31N5S.HI/c1-4-9-22-10-7-15(13-22)12-21-17(18-5-2)19-8-6-16-20-11-14(3)23-16;/h11,15H,4-10,12-13H2,1-3H3,(H2,18,19,21);1H. The van der Waals surface area contributed by atoms with Gasteiger partial charge in [-0.2, -0.15) is 0 Å².